The zero-order chi connectivity index (χ0) is 33.0. The highest BCUT2D eigenvalue weighted by atomic mass is 16.3. The lowest BCUT2D eigenvalue weighted by Crippen LogP contribution is -2.02. The summed E-state index contributed by atoms with van der Waals surface area (Å²) in [4.78, 5) is 15.4. The van der Waals surface area contributed by atoms with E-state index in [1.165, 1.54) is 0 Å². The van der Waals surface area contributed by atoms with Crippen LogP contribution in [0.25, 0.3) is 100 Å². The normalized spacial score (nSPS) is 11.6. The van der Waals surface area contributed by atoms with Gasteiger partial charge in [-0.25, -0.2) is 15.0 Å². The van der Waals surface area contributed by atoms with Gasteiger partial charge in [-0.05, 0) is 41.0 Å². The number of hydrogen-bond donors (Lipinski definition) is 0. The van der Waals surface area contributed by atoms with Gasteiger partial charge >= 0.3 is 0 Å². The lowest BCUT2D eigenvalue weighted by atomic mass is 9.90. The Kier molecular flexibility index (Phi) is 6.42. The van der Waals surface area contributed by atoms with E-state index in [-0.39, 0.29) is 0 Å². The summed E-state index contributed by atoms with van der Waals surface area (Å²) in [6.07, 6.45) is 0. The third-order valence-electron chi connectivity index (χ3n) is 9.37. The van der Waals surface area contributed by atoms with Crippen molar-refractivity contribution in [3.8, 4) is 56.4 Å². The first-order valence-electron chi connectivity index (χ1n) is 16.6. The van der Waals surface area contributed by atoms with E-state index in [1.807, 2.05) is 97.1 Å². The van der Waals surface area contributed by atoms with E-state index in [4.69, 9.17) is 23.8 Å². The van der Waals surface area contributed by atoms with Gasteiger partial charge < -0.3 is 8.83 Å². The number of nitrogens with zero attached hydrogens (tertiary/aromatic N) is 3. The number of fused-ring (bicyclic) bond motifs is 6. The van der Waals surface area contributed by atoms with Crippen LogP contribution in [0, 0.1) is 0 Å². The summed E-state index contributed by atoms with van der Waals surface area (Å²) < 4.78 is 12.8. The van der Waals surface area contributed by atoms with Crippen LogP contribution < -0.4 is 0 Å². The zero-order valence-electron chi connectivity index (χ0n) is 26.7. The Morgan fingerprint density at radius 3 is 1.56 bits per heavy atom. The maximum Gasteiger partial charge on any atom is 0.165 e. The highest BCUT2D eigenvalue weighted by Gasteiger charge is 2.23. The second-order valence-electron chi connectivity index (χ2n) is 12.4. The SMILES string of the molecule is c1ccc(-c2nc(-c3ccccc3)nc(-c3c(-c4ccc5oc6ccccc6c5c4)cccc3-c3cccc4c3oc3ccccc34)n2)cc1. The van der Waals surface area contributed by atoms with Gasteiger partial charge in [-0.3, -0.25) is 0 Å². The largest absolute Gasteiger partial charge is 0.456 e. The minimum absolute atomic E-state index is 0.577. The first-order valence-corrected chi connectivity index (χ1v) is 16.6. The predicted molar refractivity (Wildman–Crippen MR) is 202 cm³/mol. The maximum absolute atomic E-state index is 6.59. The van der Waals surface area contributed by atoms with E-state index in [1.54, 1.807) is 0 Å². The molecule has 0 fully saturated rings. The van der Waals surface area contributed by atoms with Crippen LogP contribution in [0.4, 0.5) is 0 Å². The second kappa shape index (κ2) is 11.4. The van der Waals surface area contributed by atoms with Crippen molar-refractivity contribution in [2.75, 3.05) is 0 Å². The number of hydrogen-bond acceptors (Lipinski definition) is 5. The molecule has 3 aromatic heterocycles. The van der Waals surface area contributed by atoms with Gasteiger partial charge in [0.05, 0.1) is 0 Å². The minimum Gasteiger partial charge on any atom is -0.456 e. The molecule has 0 saturated carbocycles. The van der Waals surface area contributed by atoms with E-state index in [0.717, 1.165) is 82.8 Å². The van der Waals surface area contributed by atoms with Crippen molar-refractivity contribution in [2.24, 2.45) is 0 Å². The fraction of sp³-hybridized carbons (Fsp3) is 0. The third kappa shape index (κ3) is 4.60. The molecule has 0 spiro atoms. The number of rotatable bonds is 5. The van der Waals surface area contributed by atoms with Gasteiger partial charge in [0.2, 0.25) is 0 Å². The molecule has 0 amide bonds. The number of benzene rings is 7. The number of aromatic nitrogens is 3. The Balaban J connectivity index is 1.30. The van der Waals surface area contributed by atoms with E-state index >= 15 is 0 Å². The minimum atomic E-state index is 0.577. The van der Waals surface area contributed by atoms with Gasteiger partial charge in [-0.15, -0.1) is 0 Å². The standard InChI is InChI=1S/C45H27N3O2/c1-3-13-28(14-4-1)43-46-44(29-15-5-2-6-16-29)48-45(47-43)41-31(30-25-26-40-37(27-30)33-18-8-9-23-38(33)49-40)19-11-20-34(41)36-22-12-21-35-32-17-7-10-24-39(32)50-42(35)36/h1-27H. The fourth-order valence-electron chi connectivity index (χ4n) is 7.03. The molecule has 5 heteroatoms. The van der Waals surface area contributed by atoms with Crippen LogP contribution in [0.2, 0.25) is 0 Å². The Morgan fingerprint density at radius 1 is 0.320 bits per heavy atom. The van der Waals surface area contributed by atoms with Crippen LogP contribution in [0.15, 0.2) is 173 Å². The monoisotopic (exact) mass is 641 g/mol. The van der Waals surface area contributed by atoms with Crippen LogP contribution >= 0.6 is 0 Å². The van der Waals surface area contributed by atoms with Gasteiger partial charge in [-0.2, -0.15) is 0 Å². The lowest BCUT2D eigenvalue weighted by Gasteiger charge is -2.17. The molecule has 50 heavy (non-hydrogen) atoms. The van der Waals surface area contributed by atoms with Crippen LogP contribution in [-0.2, 0) is 0 Å². The van der Waals surface area contributed by atoms with Crippen molar-refractivity contribution in [1.29, 1.82) is 0 Å². The molecule has 5 nitrogen and oxygen atoms in total. The lowest BCUT2D eigenvalue weighted by molar-refractivity contribution is 0.669. The Bertz CT molecular complexity index is 2810. The molecule has 0 radical (unpaired) electrons. The summed E-state index contributed by atoms with van der Waals surface area (Å²) in [7, 11) is 0. The molecule has 0 aliphatic carbocycles. The van der Waals surface area contributed by atoms with Gasteiger partial charge in [0.25, 0.3) is 0 Å². The Morgan fingerprint density at radius 2 is 0.840 bits per heavy atom. The van der Waals surface area contributed by atoms with Crippen molar-refractivity contribution < 1.29 is 8.83 Å². The average molecular weight is 642 g/mol. The van der Waals surface area contributed by atoms with Crippen molar-refractivity contribution in [3.63, 3.8) is 0 Å². The third-order valence-corrected chi connectivity index (χ3v) is 9.37. The number of furan rings is 2. The summed E-state index contributed by atoms with van der Waals surface area (Å²) in [5.41, 5.74) is 10.1. The highest BCUT2D eigenvalue weighted by Crippen LogP contribution is 2.44. The van der Waals surface area contributed by atoms with Gasteiger partial charge in [0.15, 0.2) is 17.5 Å². The molecule has 234 valence electrons. The molecule has 0 bridgehead atoms. The topological polar surface area (TPSA) is 65.0 Å². The first-order chi connectivity index (χ1) is 24.8. The van der Waals surface area contributed by atoms with E-state index in [0.29, 0.717) is 17.5 Å². The maximum atomic E-state index is 6.59. The van der Waals surface area contributed by atoms with E-state index < -0.39 is 0 Å². The van der Waals surface area contributed by atoms with Gasteiger partial charge in [0, 0.05) is 43.8 Å². The summed E-state index contributed by atoms with van der Waals surface area (Å²) in [5, 5.41) is 4.27. The van der Waals surface area contributed by atoms with Gasteiger partial charge in [0.1, 0.15) is 22.3 Å². The van der Waals surface area contributed by atoms with Crippen molar-refractivity contribution >= 4 is 43.9 Å². The van der Waals surface area contributed by atoms with Crippen LogP contribution in [0.3, 0.4) is 0 Å². The molecule has 0 aliphatic heterocycles. The van der Waals surface area contributed by atoms with Crippen LogP contribution in [-0.4, -0.2) is 15.0 Å². The number of para-hydroxylation sites is 3. The smallest absolute Gasteiger partial charge is 0.165 e. The van der Waals surface area contributed by atoms with Crippen molar-refractivity contribution in [3.05, 3.63) is 164 Å². The molecule has 7 aromatic carbocycles. The van der Waals surface area contributed by atoms with E-state index in [2.05, 4.69) is 66.7 Å². The molecule has 3 heterocycles. The molecule has 0 saturated heterocycles. The molecular weight excluding hydrogens is 615 g/mol. The summed E-state index contributed by atoms with van der Waals surface area (Å²) in [6.45, 7) is 0. The quantitative estimate of drug-likeness (QED) is 0.187. The molecule has 0 unspecified atom stereocenters. The molecule has 0 aliphatic rings. The summed E-state index contributed by atoms with van der Waals surface area (Å²) >= 11 is 0. The summed E-state index contributed by atoms with van der Waals surface area (Å²) in [6, 6.07) is 55.6. The molecule has 10 rings (SSSR count). The van der Waals surface area contributed by atoms with Crippen molar-refractivity contribution in [1.82, 2.24) is 15.0 Å². The fourth-order valence-corrected chi connectivity index (χ4v) is 7.03. The Hall–Kier alpha value is -6.85. The van der Waals surface area contributed by atoms with Crippen LogP contribution in [0.1, 0.15) is 0 Å². The van der Waals surface area contributed by atoms with Gasteiger partial charge in [-0.1, -0.05) is 140 Å². The van der Waals surface area contributed by atoms with Crippen LogP contribution in [0.5, 0.6) is 0 Å². The molecular formula is C45H27N3O2. The molecule has 0 atom stereocenters. The van der Waals surface area contributed by atoms with Crippen molar-refractivity contribution in [2.45, 2.75) is 0 Å². The average Bonchev–Trinajstić information content (AvgIpc) is 3.76. The zero-order valence-corrected chi connectivity index (χ0v) is 26.7. The first kappa shape index (κ1) is 28.2. The second-order valence-corrected chi connectivity index (χ2v) is 12.4. The van der Waals surface area contributed by atoms with E-state index in [9.17, 15) is 0 Å². The Labute approximate surface area is 287 Å². The highest BCUT2D eigenvalue weighted by molar-refractivity contribution is 6.12. The molecule has 0 N–H and O–H groups in total. The predicted octanol–water partition coefficient (Wildman–Crippen LogP) is 12.0. The summed E-state index contributed by atoms with van der Waals surface area (Å²) in [5.74, 6) is 1.79. The molecule has 10 aromatic rings.